The molecule has 0 bridgehead atoms. The van der Waals surface area contributed by atoms with Gasteiger partial charge in [0.25, 0.3) is 0 Å². The Morgan fingerprint density at radius 1 is 1.09 bits per heavy atom. The van der Waals surface area contributed by atoms with Crippen LogP contribution in [-0.4, -0.2) is 37.1 Å². The predicted molar refractivity (Wildman–Crippen MR) is 105 cm³/mol. The fourth-order valence-corrected chi connectivity index (χ4v) is 1.90. The minimum atomic E-state index is 0. The summed E-state index contributed by atoms with van der Waals surface area (Å²) in [6, 6.07) is 9.90. The van der Waals surface area contributed by atoms with Gasteiger partial charge < -0.3 is 15.5 Å². The van der Waals surface area contributed by atoms with Gasteiger partial charge in [0.15, 0.2) is 5.96 Å². The molecule has 2 rings (SSSR count). The summed E-state index contributed by atoms with van der Waals surface area (Å²) in [5.74, 6) is 1.68. The van der Waals surface area contributed by atoms with Crippen molar-refractivity contribution in [2.45, 2.75) is 13.1 Å². The topological polar surface area (TPSA) is 65.4 Å². The molecule has 0 saturated heterocycles. The first kappa shape index (κ1) is 19.1. The number of hydrogen-bond acceptors (Lipinski definition) is 4. The lowest BCUT2D eigenvalue weighted by Crippen LogP contribution is -2.36. The fourth-order valence-electron chi connectivity index (χ4n) is 1.90. The standard InChI is InChI=1S/C16H22N6.HI/c1-17-16(21-12-14-6-4-5-8-18-14)20-11-13-7-9-19-15(10-13)22(2)3;/h4-10H,11-12H2,1-3H3,(H2,17,20,21);1H. The van der Waals surface area contributed by atoms with E-state index >= 15 is 0 Å². The van der Waals surface area contributed by atoms with Crippen LogP contribution in [0.2, 0.25) is 0 Å². The monoisotopic (exact) mass is 426 g/mol. The van der Waals surface area contributed by atoms with Crippen LogP contribution in [-0.2, 0) is 13.1 Å². The second kappa shape index (κ2) is 9.98. The van der Waals surface area contributed by atoms with Crippen molar-refractivity contribution in [2.75, 3.05) is 26.0 Å². The van der Waals surface area contributed by atoms with E-state index in [1.807, 2.05) is 49.5 Å². The van der Waals surface area contributed by atoms with E-state index in [1.54, 1.807) is 13.2 Å². The van der Waals surface area contributed by atoms with E-state index in [4.69, 9.17) is 0 Å². The second-order valence-electron chi connectivity index (χ2n) is 5.02. The van der Waals surface area contributed by atoms with Gasteiger partial charge in [0.05, 0.1) is 12.2 Å². The molecule has 2 aromatic rings. The summed E-state index contributed by atoms with van der Waals surface area (Å²) in [4.78, 5) is 14.8. The molecule has 2 N–H and O–H groups in total. The molecule has 23 heavy (non-hydrogen) atoms. The van der Waals surface area contributed by atoms with Gasteiger partial charge >= 0.3 is 0 Å². The number of aliphatic imine (C=N–C) groups is 1. The molecule has 0 fully saturated rings. The van der Waals surface area contributed by atoms with Gasteiger partial charge in [-0.1, -0.05) is 6.07 Å². The number of pyridine rings is 2. The molecule has 0 aromatic carbocycles. The van der Waals surface area contributed by atoms with Crippen molar-refractivity contribution in [3.63, 3.8) is 0 Å². The Bertz CT molecular complexity index is 615. The lowest BCUT2D eigenvalue weighted by atomic mass is 10.2. The van der Waals surface area contributed by atoms with Crippen LogP contribution in [0.5, 0.6) is 0 Å². The van der Waals surface area contributed by atoms with Gasteiger partial charge in [0.1, 0.15) is 5.82 Å². The number of rotatable bonds is 5. The molecule has 0 saturated carbocycles. The number of halogens is 1. The van der Waals surface area contributed by atoms with E-state index in [1.165, 1.54) is 0 Å². The molecule has 0 aliphatic carbocycles. The first-order chi connectivity index (χ1) is 10.7. The minimum absolute atomic E-state index is 0. The van der Waals surface area contributed by atoms with Crippen LogP contribution >= 0.6 is 24.0 Å². The number of guanidine groups is 1. The molecule has 2 heterocycles. The Hall–Kier alpha value is -1.90. The summed E-state index contributed by atoms with van der Waals surface area (Å²) in [5.41, 5.74) is 2.13. The van der Waals surface area contributed by atoms with Crippen LogP contribution in [0.25, 0.3) is 0 Å². The van der Waals surface area contributed by atoms with Gasteiger partial charge in [-0.3, -0.25) is 9.98 Å². The largest absolute Gasteiger partial charge is 0.363 e. The Balaban J connectivity index is 0.00000264. The summed E-state index contributed by atoms with van der Waals surface area (Å²) in [6.45, 7) is 1.32. The maximum atomic E-state index is 4.31. The average Bonchev–Trinajstić information content (AvgIpc) is 2.56. The molecule has 0 amide bonds. The number of aromatic nitrogens is 2. The average molecular weight is 426 g/mol. The minimum Gasteiger partial charge on any atom is -0.363 e. The highest BCUT2D eigenvalue weighted by Gasteiger charge is 2.02. The summed E-state index contributed by atoms with van der Waals surface area (Å²) >= 11 is 0. The SMILES string of the molecule is CN=C(NCc1ccnc(N(C)C)c1)NCc1ccccn1.I. The van der Waals surface area contributed by atoms with E-state index in [-0.39, 0.29) is 24.0 Å². The molecule has 0 spiro atoms. The van der Waals surface area contributed by atoms with Crippen LogP contribution < -0.4 is 15.5 Å². The quantitative estimate of drug-likeness (QED) is 0.435. The Kier molecular flexibility index (Phi) is 8.31. The lowest BCUT2D eigenvalue weighted by Gasteiger charge is -2.14. The first-order valence-corrected chi connectivity index (χ1v) is 7.15. The fraction of sp³-hybridized carbons (Fsp3) is 0.312. The summed E-state index contributed by atoms with van der Waals surface area (Å²) < 4.78 is 0. The molecule has 0 atom stereocenters. The van der Waals surface area contributed by atoms with Crippen molar-refractivity contribution in [3.8, 4) is 0 Å². The number of hydrogen-bond donors (Lipinski definition) is 2. The van der Waals surface area contributed by atoms with E-state index in [2.05, 4.69) is 31.7 Å². The highest BCUT2D eigenvalue weighted by Crippen LogP contribution is 2.09. The zero-order chi connectivity index (χ0) is 15.8. The Morgan fingerprint density at radius 2 is 1.87 bits per heavy atom. The normalized spacial score (nSPS) is 10.7. The van der Waals surface area contributed by atoms with Crippen molar-refractivity contribution in [1.82, 2.24) is 20.6 Å². The van der Waals surface area contributed by atoms with Crippen LogP contribution in [0.4, 0.5) is 5.82 Å². The second-order valence-corrected chi connectivity index (χ2v) is 5.02. The maximum Gasteiger partial charge on any atom is 0.191 e. The van der Waals surface area contributed by atoms with E-state index in [0.717, 1.165) is 23.0 Å². The summed E-state index contributed by atoms with van der Waals surface area (Å²) in [5, 5.41) is 6.53. The van der Waals surface area contributed by atoms with Gasteiger partial charge in [-0.05, 0) is 29.8 Å². The molecule has 2 aromatic heterocycles. The van der Waals surface area contributed by atoms with Gasteiger partial charge in [-0.2, -0.15) is 0 Å². The number of nitrogens with zero attached hydrogens (tertiary/aromatic N) is 4. The van der Waals surface area contributed by atoms with Crippen LogP contribution in [0.1, 0.15) is 11.3 Å². The zero-order valence-corrected chi connectivity index (χ0v) is 16.0. The zero-order valence-electron chi connectivity index (χ0n) is 13.7. The third-order valence-corrected chi connectivity index (χ3v) is 3.11. The summed E-state index contributed by atoms with van der Waals surface area (Å²) in [7, 11) is 5.71. The smallest absolute Gasteiger partial charge is 0.191 e. The van der Waals surface area contributed by atoms with Crippen molar-refractivity contribution in [2.24, 2.45) is 4.99 Å². The predicted octanol–water partition coefficient (Wildman–Crippen LogP) is 2.03. The van der Waals surface area contributed by atoms with Gasteiger partial charge in [0.2, 0.25) is 0 Å². The third kappa shape index (κ3) is 6.39. The van der Waals surface area contributed by atoms with Gasteiger partial charge in [-0.15, -0.1) is 24.0 Å². The lowest BCUT2D eigenvalue weighted by molar-refractivity contribution is 0.793. The Morgan fingerprint density at radius 3 is 2.52 bits per heavy atom. The highest BCUT2D eigenvalue weighted by molar-refractivity contribution is 14.0. The molecular formula is C16H23IN6. The molecule has 124 valence electrons. The van der Waals surface area contributed by atoms with Crippen molar-refractivity contribution >= 4 is 35.8 Å². The molecule has 7 heteroatoms. The van der Waals surface area contributed by atoms with Crippen LogP contribution in [0.15, 0.2) is 47.7 Å². The van der Waals surface area contributed by atoms with Crippen molar-refractivity contribution in [3.05, 3.63) is 54.0 Å². The third-order valence-electron chi connectivity index (χ3n) is 3.11. The Labute approximate surface area is 154 Å². The highest BCUT2D eigenvalue weighted by atomic mass is 127. The van der Waals surface area contributed by atoms with Gasteiger partial charge in [0, 0.05) is 40.1 Å². The maximum absolute atomic E-state index is 4.31. The molecular weight excluding hydrogens is 403 g/mol. The molecule has 0 aliphatic heterocycles. The van der Waals surface area contributed by atoms with Crippen molar-refractivity contribution in [1.29, 1.82) is 0 Å². The van der Waals surface area contributed by atoms with E-state index < -0.39 is 0 Å². The van der Waals surface area contributed by atoms with E-state index in [0.29, 0.717) is 13.1 Å². The van der Waals surface area contributed by atoms with E-state index in [9.17, 15) is 0 Å². The van der Waals surface area contributed by atoms with Gasteiger partial charge in [-0.25, -0.2) is 4.98 Å². The summed E-state index contributed by atoms with van der Waals surface area (Å²) in [6.07, 6.45) is 3.60. The molecule has 0 unspecified atom stereocenters. The van der Waals surface area contributed by atoms with Crippen molar-refractivity contribution < 1.29 is 0 Å². The first-order valence-electron chi connectivity index (χ1n) is 7.15. The van der Waals surface area contributed by atoms with Crippen LogP contribution in [0.3, 0.4) is 0 Å². The molecule has 6 nitrogen and oxygen atoms in total. The number of anilines is 1. The van der Waals surface area contributed by atoms with Crippen LogP contribution in [0, 0.1) is 0 Å². The molecule has 0 aliphatic rings. The molecule has 0 radical (unpaired) electrons. The number of nitrogens with one attached hydrogen (secondary N) is 2.